The summed E-state index contributed by atoms with van der Waals surface area (Å²) in [7, 11) is 0. The fraction of sp³-hybridized carbons (Fsp3) is 0.250. The van der Waals surface area contributed by atoms with Crippen LogP contribution in [0.3, 0.4) is 0 Å². The molecule has 2 aromatic carbocycles. The molecular weight excluding hydrogens is 323 g/mol. The summed E-state index contributed by atoms with van der Waals surface area (Å²) in [4.78, 5) is 0. The van der Waals surface area contributed by atoms with E-state index >= 15 is 0 Å². The standard InChI is InChI=1S/C16H16BrFO2/c17-14-5-1-3-12(7-14)9-16(10-19,11-20)13-4-2-6-15(18)8-13/h1-8,19-20H,9-11H2. The van der Waals surface area contributed by atoms with Gasteiger partial charge in [-0.05, 0) is 41.8 Å². The van der Waals surface area contributed by atoms with Crippen molar-refractivity contribution >= 4 is 15.9 Å². The molecule has 0 aliphatic heterocycles. The second-order valence-corrected chi connectivity index (χ2v) is 5.83. The van der Waals surface area contributed by atoms with Crippen LogP contribution in [0, 0.1) is 5.82 Å². The Hall–Kier alpha value is -1.23. The van der Waals surface area contributed by atoms with E-state index in [4.69, 9.17) is 0 Å². The van der Waals surface area contributed by atoms with E-state index in [1.165, 1.54) is 12.1 Å². The number of aliphatic hydroxyl groups excluding tert-OH is 2. The Morgan fingerprint density at radius 1 is 1.00 bits per heavy atom. The summed E-state index contributed by atoms with van der Waals surface area (Å²) in [5, 5.41) is 19.5. The minimum atomic E-state index is -0.886. The van der Waals surface area contributed by atoms with E-state index in [0.717, 1.165) is 10.0 Å². The normalized spacial score (nSPS) is 11.6. The molecule has 0 aliphatic rings. The average Bonchev–Trinajstić information content (AvgIpc) is 2.45. The van der Waals surface area contributed by atoms with Crippen LogP contribution in [0.15, 0.2) is 53.0 Å². The van der Waals surface area contributed by atoms with E-state index in [2.05, 4.69) is 15.9 Å². The molecule has 0 spiro atoms. The van der Waals surface area contributed by atoms with Crippen LogP contribution in [0.2, 0.25) is 0 Å². The summed E-state index contributed by atoms with van der Waals surface area (Å²) in [6, 6.07) is 13.7. The summed E-state index contributed by atoms with van der Waals surface area (Å²) < 4.78 is 14.3. The molecule has 0 heterocycles. The van der Waals surface area contributed by atoms with E-state index in [1.807, 2.05) is 24.3 Å². The van der Waals surface area contributed by atoms with Crippen molar-refractivity contribution in [1.82, 2.24) is 0 Å². The Morgan fingerprint density at radius 3 is 2.30 bits per heavy atom. The van der Waals surface area contributed by atoms with Crippen molar-refractivity contribution < 1.29 is 14.6 Å². The fourth-order valence-corrected chi connectivity index (χ4v) is 2.75. The SMILES string of the molecule is OCC(CO)(Cc1cccc(Br)c1)c1cccc(F)c1. The molecule has 4 heteroatoms. The minimum Gasteiger partial charge on any atom is -0.395 e. The van der Waals surface area contributed by atoms with E-state index in [9.17, 15) is 14.6 Å². The van der Waals surface area contributed by atoms with Crippen molar-refractivity contribution in [2.24, 2.45) is 0 Å². The summed E-state index contributed by atoms with van der Waals surface area (Å²) in [5.41, 5.74) is 0.678. The zero-order valence-corrected chi connectivity index (χ0v) is 12.5. The maximum atomic E-state index is 13.4. The number of halogens is 2. The van der Waals surface area contributed by atoms with Gasteiger partial charge in [-0.3, -0.25) is 0 Å². The lowest BCUT2D eigenvalue weighted by Gasteiger charge is -2.30. The van der Waals surface area contributed by atoms with Crippen LogP contribution in [0.1, 0.15) is 11.1 Å². The Morgan fingerprint density at radius 2 is 1.70 bits per heavy atom. The van der Waals surface area contributed by atoms with Gasteiger partial charge in [0.2, 0.25) is 0 Å². The van der Waals surface area contributed by atoms with Crippen molar-refractivity contribution in [1.29, 1.82) is 0 Å². The van der Waals surface area contributed by atoms with Crippen LogP contribution < -0.4 is 0 Å². The van der Waals surface area contributed by atoms with Gasteiger partial charge in [0.05, 0.1) is 13.2 Å². The molecule has 0 aromatic heterocycles. The van der Waals surface area contributed by atoms with Crippen molar-refractivity contribution in [3.63, 3.8) is 0 Å². The highest BCUT2D eigenvalue weighted by molar-refractivity contribution is 9.10. The highest BCUT2D eigenvalue weighted by Gasteiger charge is 2.31. The molecule has 2 N–H and O–H groups in total. The molecule has 0 radical (unpaired) electrons. The maximum Gasteiger partial charge on any atom is 0.123 e. The quantitative estimate of drug-likeness (QED) is 0.879. The van der Waals surface area contributed by atoms with Gasteiger partial charge in [0, 0.05) is 9.89 Å². The topological polar surface area (TPSA) is 40.5 Å². The third-order valence-corrected chi connectivity index (χ3v) is 3.97. The first-order valence-electron chi connectivity index (χ1n) is 6.32. The number of rotatable bonds is 5. The predicted molar refractivity (Wildman–Crippen MR) is 80.1 cm³/mol. The van der Waals surface area contributed by atoms with Crippen LogP contribution in [0.5, 0.6) is 0 Å². The number of aliphatic hydroxyl groups is 2. The van der Waals surface area contributed by atoms with E-state index in [-0.39, 0.29) is 19.0 Å². The van der Waals surface area contributed by atoms with Gasteiger partial charge in [0.15, 0.2) is 0 Å². The maximum absolute atomic E-state index is 13.4. The fourth-order valence-electron chi connectivity index (χ4n) is 2.30. The first kappa shape index (κ1) is 15.2. The summed E-state index contributed by atoms with van der Waals surface area (Å²) >= 11 is 3.40. The summed E-state index contributed by atoms with van der Waals surface area (Å²) in [6.45, 7) is -0.501. The molecule has 0 atom stereocenters. The van der Waals surface area contributed by atoms with Crippen molar-refractivity contribution in [2.45, 2.75) is 11.8 Å². The first-order valence-corrected chi connectivity index (χ1v) is 7.11. The van der Waals surface area contributed by atoms with Gasteiger partial charge >= 0.3 is 0 Å². The predicted octanol–water partition coefficient (Wildman–Crippen LogP) is 3.05. The van der Waals surface area contributed by atoms with E-state index < -0.39 is 5.41 Å². The molecule has 0 fully saturated rings. The van der Waals surface area contributed by atoms with Crippen LogP contribution in [-0.4, -0.2) is 23.4 Å². The number of hydrogen-bond acceptors (Lipinski definition) is 2. The van der Waals surface area contributed by atoms with Crippen molar-refractivity contribution in [3.05, 3.63) is 69.9 Å². The number of benzene rings is 2. The van der Waals surface area contributed by atoms with Crippen LogP contribution >= 0.6 is 15.9 Å². The first-order chi connectivity index (χ1) is 9.59. The molecule has 0 saturated heterocycles. The molecule has 0 aliphatic carbocycles. The third kappa shape index (κ3) is 3.26. The third-order valence-electron chi connectivity index (χ3n) is 3.47. The lowest BCUT2D eigenvalue weighted by molar-refractivity contribution is 0.116. The second kappa shape index (κ2) is 6.48. The molecular formula is C16H16BrFO2. The van der Waals surface area contributed by atoms with Gasteiger partial charge in [-0.25, -0.2) is 4.39 Å². The highest BCUT2D eigenvalue weighted by Crippen LogP contribution is 2.29. The van der Waals surface area contributed by atoms with Gasteiger partial charge in [0.25, 0.3) is 0 Å². The summed E-state index contributed by atoms with van der Waals surface area (Å²) in [5.74, 6) is -0.372. The molecule has 106 valence electrons. The Bertz CT molecular complexity index is 582. The molecule has 0 unspecified atom stereocenters. The second-order valence-electron chi connectivity index (χ2n) is 4.91. The van der Waals surface area contributed by atoms with Crippen LogP contribution in [-0.2, 0) is 11.8 Å². The zero-order valence-electron chi connectivity index (χ0n) is 10.9. The molecule has 0 saturated carbocycles. The van der Waals surface area contributed by atoms with Gasteiger partial charge < -0.3 is 10.2 Å². The average molecular weight is 339 g/mol. The van der Waals surface area contributed by atoms with Crippen LogP contribution in [0.25, 0.3) is 0 Å². The van der Waals surface area contributed by atoms with Gasteiger partial charge in [-0.2, -0.15) is 0 Å². The molecule has 20 heavy (non-hydrogen) atoms. The zero-order chi connectivity index (χ0) is 14.6. The molecule has 0 bridgehead atoms. The van der Waals surface area contributed by atoms with Crippen molar-refractivity contribution in [2.75, 3.05) is 13.2 Å². The largest absolute Gasteiger partial charge is 0.395 e. The summed E-state index contributed by atoms with van der Waals surface area (Å²) in [6.07, 6.45) is 0.433. The Labute approximate surface area is 126 Å². The Kier molecular flexibility index (Phi) is 4.91. The lowest BCUT2D eigenvalue weighted by atomic mass is 9.77. The minimum absolute atomic E-state index is 0.251. The van der Waals surface area contributed by atoms with Crippen LogP contribution in [0.4, 0.5) is 4.39 Å². The van der Waals surface area contributed by atoms with E-state index in [0.29, 0.717) is 12.0 Å². The molecule has 2 aromatic rings. The highest BCUT2D eigenvalue weighted by atomic mass is 79.9. The lowest BCUT2D eigenvalue weighted by Crippen LogP contribution is -2.37. The molecule has 2 nitrogen and oxygen atoms in total. The molecule has 0 amide bonds. The van der Waals surface area contributed by atoms with Gasteiger partial charge in [-0.15, -0.1) is 0 Å². The van der Waals surface area contributed by atoms with Gasteiger partial charge in [-0.1, -0.05) is 40.2 Å². The Balaban J connectivity index is 2.39. The smallest absolute Gasteiger partial charge is 0.123 e. The van der Waals surface area contributed by atoms with Gasteiger partial charge in [0.1, 0.15) is 5.82 Å². The van der Waals surface area contributed by atoms with E-state index in [1.54, 1.807) is 12.1 Å². The van der Waals surface area contributed by atoms with Crippen molar-refractivity contribution in [3.8, 4) is 0 Å². The number of hydrogen-bond donors (Lipinski definition) is 2. The monoisotopic (exact) mass is 338 g/mol. The molecule has 2 rings (SSSR count).